The molecule has 162 valence electrons. The van der Waals surface area contributed by atoms with Gasteiger partial charge in [0.1, 0.15) is 29.5 Å². The van der Waals surface area contributed by atoms with Gasteiger partial charge in [0.2, 0.25) is 0 Å². The molecule has 2 aromatic carbocycles. The molecule has 0 bridgehead atoms. The first-order valence-electron chi connectivity index (χ1n) is 10.2. The van der Waals surface area contributed by atoms with Crippen LogP contribution in [0.1, 0.15) is 42.4 Å². The molecule has 3 aromatic rings. The van der Waals surface area contributed by atoms with E-state index in [0.29, 0.717) is 40.7 Å². The van der Waals surface area contributed by atoms with Crippen molar-refractivity contribution in [1.82, 2.24) is 9.47 Å². The summed E-state index contributed by atoms with van der Waals surface area (Å²) in [7, 11) is 0. The van der Waals surface area contributed by atoms with Gasteiger partial charge in [-0.25, -0.2) is 8.78 Å². The van der Waals surface area contributed by atoms with Crippen LogP contribution in [-0.2, 0) is 29.0 Å². The maximum absolute atomic E-state index is 14.1. The minimum Gasteiger partial charge on any atom is -0.459 e. The Labute approximate surface area is 179 Å². The Morgan fingerprint density at radius 3 is 2.58 bits per heavy atom. The van der Waals surface area contributed by atoms with Crippen molar-refractivity contribution >= 4 is 22.8 Å². The zero-order valence-corrected chi connectivity index (χ0v) is 17.7. The first-order valence-corrected chi connectivity index (χ1v) is 10.2. The molecule has 5 nitrogen and oxygen atoms in total. The van der Waals surface area contributed by atoms with Gasteiger partial charge in [0, 0.05) is 29.6 Å². The zero-order valence-electron chi connectivity index (χ0n) is 17.7. The van der Waals surface area contributed by atoms with Crippen LogP contribution in [0.5, 0.6) is 0 Å². The Morgan fingerprint density at radius 1 is 1.13 bits per heavy atom. The highest BCUT2D eigenvalue weighted by Crippen LogP contribution is 2.32. The molecular weight excluding hydrogens is 402 g/mol. The molecule has 1 aromatic heterocycles. The number of aromatic nitrogens is 1. The van der Waals surface area contributed by atoms with Crippen LogP contribution in [0.15, 0.2) is 42.5 Å². The molecule has 0 spiro atoms. The van der Waals surface area contributed by atoms with Crippen molar-refractivity contribution in [2.24, 2.45) is 0 Å². The average Bonchev–Trinajstić information content (AvgIpc) is 2.97. The number of carbonyl (C=O) groups is 2. The van der Waals surface area contributed by atoms with Gasteiger partial charge in [0.15, 0.2) is 0 Å². The second-order valence-electron chi connectivity index (χ2n) is 8.73. The number of hydrogen-bond acceptors (Lipinski definition) is 3. The van der Waals surface area contributed by atoms with Crippen LogP contribution in [0, 0.1) is 11.6 Å². The number of ether oxygens (including phenoxy) is 1. The normalized spacial score (nSPS) is 14.1. The lowest BCUT2D eigenvalue weighted by Gasteiger charge is -2.28. The Kier molecular flexibility index (Phi) is 5.29. The van der Waals surface area contributed by atoms with Crippen molar-refractivity contribution in [3.8, 4) is 0 Å². The summed E-state index contributed by atoms with van der Waals surface area (Å²) in [5, 5.41) is 0.609. The van der Waals surface area contributed by atoms with E-state index in [1.807, 2.05) is 0 Å². The number of esters is 1. The van der Waals surface area contributed by atoms with Crippen LogP contribution in [0.3, 0.4) is 0 Å². The van der Waals surface area contributed by atoms with Crippen LogP contribution in [-0.4, -0.2) is 33.5 Å². The first-order chi connectivity index (χ1) is 14.6. The SMILES string of the molecule is CC(C)(C)OC(=O)Cn1c2c(c3cc(F)ccc31)CCN(Cc1ccccc1F)C2=O. The number of fused-ring (bicyclic) bond motifs is 3. The molecule has 0 atom stereocenters. The topological polar surface area (TPSA) is 51.5 Å². The largest absolute Gasteiger partial charge is 0.459 e. The molecule has 0 saturated heterocycles. The van der Waals surface area contributed by atoms with E-state index in [4.69, 9.17) is 4.74 Å². The summed E-state index contributed by atoms with van der Waals surface area (Å²) in [4.78, 5) is 27.5. The van der Waals surface area contributed by atoms with Gasteiger partial charge in [-0.3, -0.25) is 9.59 Å². The highest BCUT2D eigenvalue weighted by molar-refractivity contribution is 6.03. The van der Waals surface area contributed by atoms with Crippen molar-refractivity contribution in [1.29, 1.82) is 0 Å². The predicted molar refractivity (Wildman–Crippen MR) is 113 cm³/mol. The van der Waals surface area contributed by atoms with Crippen molar-refractivity contribution in [2.45, 2.75) is 45.9 Å². The van der Waals surface area contributed by atoms with Crippen molar-refractivity contribution in [2.75, 3.05) is 6.54 Å². The second kappa shape index (κ2) is 7.80. The molecule has 0 unspecified atom stereocenters. The van der Waals surface area contributed by atoms with Gasteiger partial charge in [0.25, 0.3) is 5.91 Å². The Hall–Kier alpha value is -3.22. The van der Waals surface area contributed by atoms with E-state index in [9.17, 15) is 18.4 Å². The third kappa shape index (κ3) is 4.17. The summed E-state index contributed by atoms with van der Waals surface area (Å²) in [6.07, 6.45) is 0.483. The monoisotopic (exact) mass is 426 g/mol. The summed E-state index contributed by atoms with van der Waals surface area (Å²) in [5.41, 5.74) is 1.37. The summed E-state index contributed by atoms with van der Waals surface area (Å²) in [5.74, 6) is -1.59. The van der Waals surface area contributed by atoms with E-state index in [1.165, 1.54) is 18.2 Å². The second-order valence-corrected chi connectivity index (χ2v) is 8.73. The number of carbonyl (C=O) groups excluding carboxylic acids is 2. The molecule has 0 saturated carbocycles. The van der Waals surface area contributed by atoms with E-state index in [2.05, 4.69) is 0 Å². The summed E-state index contributed by atoms with van der Waals surface area (Å²) in [6, 6.07) is 10.6. The quantitative estimate of drug-likeness (QED) is 0.579. The smallest absolute Gasteiger partial charge is 0.326 e. The van der Waals surface area contributed by atoms with Crippen LogP contribution in [0.2, 0.25) is 0 Å². The standard InChI is InChI=1S/C24H24F2N2O3/c1-24(2,3)31-21(29)14-28-20-9-8-16(25)12-18(20)17-10-11-27(23(30)22(17)28)13-15-6-4-5-7-19(15)26/h4-9,12H,10-11,13-14H2,1-3H3. The third-order valence-corrected chi connectivity index (χ3v) is 5.28. The van der Waals surface area contributed by atoms with Gasteiger partial charge >= 0.3 is 5.97 Å². The van der Waals surface area contributed by atoms with E-state index in [1.54, 1.807) is 54.5 Å². The fourth-order valence-corrected chi connectivity index (χ4v) is 4.04. The number of nitrogens with zero attached hydrogens (tertiary/aromatic N) is 2. The van der Waals surface area contributed by atoms with Gasteiger partial charge < -0.3 is 14.2 Å². The van der Waals surface area contributed by atoms with Crippen LogP contribution in [0.25, 0.3) is 10.9 Å². The number of halogens is 2. The minimum absolute atomic E-state index is 0.118. The van der Waals surface area contributed by atoms with Crippen LogP contribution >= 0.6 is 0 Å². The molecule has 0 fully saturated rings. The fraction of sp³-hybridized carbons (Fsp3) is 0.333. The number of benzene rings is 2. The molecule has 0 radical (unpaired) electrons. The van der Waals surface area contributed by atoms with E-state index in [0.717, 1.165) is 0 Å². The zero-order chi connectivity index (χ0) is 22.3. The van der Waals surface area contributed by atoms with Gasteiger partial charge in [-0.1, -0.05) is 18.2 Å². The van der Waals surface area contributed by atoms with E-state index >= 15 is 0 Å². The fourth-order valence-electron chi connectivity index (χ4n) is 4.04. The van der Waals surface area contributed by atoms with Gasteiger partial charge in [-0.2, -0.15) is 0 Å². The molecule has 2 heterocycles. The first kappa shape index (κ1) is 21.0. The van der Waals surface area contributed by atoms with Crippen LogP contribution in [0.4, 0.5) is 8.78 Å². The Balaban J connectivity index is 1.75. The molecule has 7 heteroatoms. The highest BCUT2D eigenvalue weighted by atomic mass is 19.1. The average molecular weight is 426 g/mol. The van der Waals surface area contributed by atoms with Crippen molar-refractivity contribution < 1.29 is 23.1 Å². The molecule has 31 heavy (non-hydrogen) atoms. The van der Waals surface area contributed by atoms with Gasteiger partial charge in [0.05, 0.1) is 0 Å². The van der Waals surface area contributed by atoms with E-state index < -0.39 is 17.4 Å². The molecule has 4 rings (SSSR count). The lowest BCUT2D eigenvalue weighted by atomic mass is 10.0. The van der Waals surface area contributed by atoms with Gasteiger partial charge in [-0.15, -0.1) is 0 Å². The summed E-state index contributed by atoms with van der Waals surface area (Å²) in [6.45, 7) is 5.63. The number of hydrogen-bond donors (Lipinski definition) is 0. The molecule has 0 N–H and O–H groups in total. The lowest BCUT2D eigenvalue weighted by Crippen LogP contribution is -2.39. The molecule has 1 aliphatic heterocycles. The predicted octanol–water partition coefficient (Wildman–Crippen LogP) is 4.46. The Morgan fingerprint density at radius 2 is 1.87 bits per heavy atom. The highest BCUT2D eigenvalue weighted by Gasteiger charge is 2.32. The van der Waals surface area contributed by atoms with Crippen molar-refractivity contribution in [3.63, 3.8) is 0 Å². The summed E-state index contributed by atoms with van der Waals surface area (Å²) >= 11 is 0. The van der Waals surface area contributed by atoms with Gasteiger partial charge in [-0.05, 0) is 57.0 Å². The Bertz CT molecular complexity index is 1180. The molecular formula is C24H24F2N2O3. The van der Waals surface area contributed by atoms with E-state index in [-0.39, 0.29) is 24.8 Å². The van der Waals surface area contributed by atoms with Crippen LogP contribution < -0.4 is 0 Å². The summed E-state index contributed by atoms with van der Waals surface area (Å²) < 4.78 is 35.1. The number of amides is 1. The maximum atomic E-state index is 14.1. The molecule has 0 aliphatic carbocycles. The third-order valence-electron chi connectivity index (χ3n) is 5.28. The lowest BCUT2D eigenvalue weighted by molar-refractivity contribution is -0.155. The molecule has 1 aliphatic rings. The minimum atomic E-state index is -0.674. The van der Waals surface area contributed by atoms with Crippen molar-refractivity contribution in [3.05, 3.63) is 70.9 Å². The molecule has 1 amide bonds. The maximum Gasteiger partial charge on any atom is 0.326 e. The number of rotatable bonds is 4.